The van der Waals surface area contributed by atoms with Crippen molar-refractivity contribution in [3.63, 3.8) is 0 Å². The molecule has 0 aromatic carbocycles. The fourth-order valence-electron chi connectivity index (χ4n) is 3.66. The van der Waals surface area contributed by atoms with Gasteiger partial charge in [0.05, 0.1) is 0 Å². The summed E-state index contributed by atoms with van der Waals surface area (Å²) in [6.45, 7) is 0. The lowest BCUT2D eigenvalue weighted by Gasteiger charge is -2.15. The van der Waals surface area contributed by atoms with Crippen molar-refractivity contribution in [1.29, 1.82) is 0 Å². The Hall–Kier alpha value is -1.38. The van der Waals surface area contributed by atoms with E-state index in [0.29, 0.717) is 11.8 Å². The normalized spacial score (nSPS) is 39.0. The molecule has 0 saturated heterocycles. The Morgan fingerprint density at radius 3 is 2.87 bits per heavy atom. The number of rotatable bonds is 0. The zero-order valence-corrected chi connectivity index (χ0v) is 8.57. The Bertz CT molecular complexity index is 514. The Balaban J connectivity index is 2.10. The Morgan fingerprint density at radius 2 is 2.07 bits per heavy atom. The number of allylic oxidation sites excluding steroid dienone is 2. The highest BCUT2D eigenvalue weighted by Crippen LogP contribution is 2.71. The average molecular weight is 203 g/mol. The molecule has 1 heterocycles. The number of nitrogens with zero attached hydrogens (tertiary/aromatic N) is 1. The van der Waals surface area contributed by atoms with Gasteiger partial charge in [0.2, 0.25) is 0 Å². The summed E-state index contributed by atoms with van der Waals surface area (Å²) in [7, 11) is 1.72. The Kier molecular flexibility index (Phi) is 1.02. The van der Waals surface area contributed by atoms with Crippen molar-refractivity contribution in [2.75, 3.05) is 0 Å². The molecule has 15 heavy (non-hydrogen) atoms. The van der Waals surface area contributed by atoms with Crippen LogP contribution < -0.4 is 0 Å². The minimum absolute atomic E-state index is 0.178. The fourth-order valence-corrected chi connectivity index (χ4v) is 3.66. The largest absolute Gasteiger partial charge is 0.494 e. The third-order valence-corrected chi connectivity index (χ3v) is 4.53. The highest BCUT2D eigenvalue weighted by Gasteiger charge is 2.64. The first-order valence-electron chi connectivity index (χ1n) is 5.44. The maximum absolute atomic E-state index is 10.1. The minimum atomic E-state index is 0.178. The van der Waals surface area contributed by atoms with Gasteiger partial charge in [0.25, 0.3) is 0 Å². The molecule has 0 radical (unpaired) electrons. The van der Waals surface area contributed by atoms with Crippen LogP contribution in [0.15, 0.2) is 12.2 Å². The SMILES string of the molecule is Cn1c(O)c2c(c1O)C13CC2C=CC1C3. The van der Waals surface area contributed by atoms with Crippen LogP contribution in [-0.4, -0.2) is 14.8 Å². The molecule has 1 spiro atoms. The second-order valence-corrected chi connectivity index (χ2v) is 5.16. The van der Waals surface area contributed by atoms with Gasteiger partial charge in [-0.05, 0) is 18.8 Å². The van der Waals surface area contributed by atoms with E-state index in [-0.39, 0.29) is 17.2 Å². The lowest BCUT2D eigenvalue weighted by Crippen LogP contribution is -2.08. The van der Waals surface area contributed by atoms with Crippen LogP contribution in [0.2, 0.25) is 0 Å². The van der Waals surface area contributed by atoms with Crippen molar-refractivity contribution in [3.05, 3.63) is 23.3 Å². The van der Waals surface area contributed by atoms with Crippen molar-refractivity contribution in [1.82, 2.24) is 4.57 Å². The number of aromatic nitrogens is 1. The third kappa shape index (κ3) is 0.628. The molecule has 1 fully saturated rings. The molecule has 3 atom stereocenters. The fraction of sp³-hybridized carbons (Fsp3) is 0.500. The van der Waals surface area contributed by atoms with Gasteiger partial charge in [-0.1, -0.05) is 12.2 Å². The van der Waals surface area contributed by atoms with Gasteiger partial charge in [-0.3, -0.25) is 4.57 Å². The molecule has 0 amide bonds. The summed E-state index contributed by atoms with van der Waals surface area (Å²) >= 11 is 0. The van der Waals surface area contributed by atoms with Gasteiger partial charge in [-0.2, -0.15) is 0 Å². The van der Waals surface area contributed by atoms with E-state index in [1.807, 2.05) is 0 Å². The second kappa shape index (κ2) is 1.94. The quantitative estimate of drug-likeness (QED) is 0.631. The molecule has 1 aromatic rings. The van der Waals surface area contributed by atoms with Crippen molar-refractivity contribution in [3.8, 4) is 11.8 Å². The molecular formula is C12H13NO2. The number of aromatic hydroxyl groups is 2. The summed E-state index contributed by atoms with van der Waals surface area (Å²) in [6.07, 6.45) is 6.68. The van der Waals surface area contributed by atoms with Gasteiger partial charge in [-0.15, -0.1) is 0 Å². The number of hydrogen-bond donors (Lipinski definition) is 2. The molecule has 3 aliphatic carbocycles. The van der Waals surface area contributed by atoms with E-state index in [2.05, 4.69) is 12.2 Å². The summed E-state index contributed by atoms with van der Waals surface area (Å²) in [6, 6.07) is 0. The van der Waals surface area contributed by atoms with Gasteiger partial charge in [0.1, 0.15) is 0 Å². The van der Waals surface area contributed by atoms with Crippen LogP contribution in [0, 0.1) is 5.92 Å². The molecule has 2 N–H and O–H groups in total. The predicted molar refractivity (Wildman–Crippen MR) is 55.0 cm³/mol. The zero-order valence-electron chi connectivity index (χ0n) is 8.57. The van der Waals surface area contributed by atoms with Crippen LogP contribution in [-0.2, 0) is 12.5 Å². The highest BCUT2D eigenvalue weighted by molar-refractivity contribution is 5.62. The van der Waals surface area contributed by atoms with E-state index in [9.17, 15) is 10.2 Å². The van der Waals surface area contributed by atoms with Crippen LogP contribution in [0.25, 0.3) is 0 Å². The van der Waals surface area contributed by atoms with Crippen molar-refractivity contribution >= 4 is 0 Å². The number of hydrogen-bond acceptors (Lipinski definition) is 2. The first kappa shape index (κ1) is 7.85. The molecular weight excluding hydrogens is 190 g/mol. The van der Waals surface area contributed by atoms with Crippen molar-refractivity contribution in [2.45, 2.75) is 24.2 Å². The smallest absolute Gasteiger partial charge is 0.197 e. The molecule has 3 unspecified atom stereocenters. The standard InChI is InChI=1S/C12H13NO2/c1-13-10(14)8-6-2-3-7-5-12(7,4-6)9(8)11(13)15/h2-3,6-7,14-15H,4-5H2,1H3. The molecule has 3 aliphatic rings. The molecule has 2 bridgehead atoms. The summed E-state index contributed by atoms with van der Waals surface area (Å²) in [4.78, 5) is 0. The average Bonchev–Trinajstić information content (AvgIpc) is 2.82. The van der Waals surface area contributed by atoms with Crippen LogP contribution in [0.1, 0.15) is 29.9 Å². The monoisotopic (exact) mass is 203 g/mol. The zero-order chi connectivity index (χ0) is 10.4. The summed E-state index contributed by atoms with van der Waals surface area (Å²) < 4.78 is 1.51. The summed E-state index contributed by atoms with van der Waals surface area (Å²) in [5.74, 6) is 1.45. The first-order valence-corrected chi connectivity index (χ1v) is 5.44. The van der Waals surface area contributed by atoms with Crippen molar-refractivity contribution in [2.24, 2.45) is 13.0 Å². The molecule has 1 aromatic heterocycles. The van der Waals surface area contributed by atoms with Gasteiger partial charge < -0.3 is 10.2 Å². The first-order chi connectivity index (χ1) is 7.15. The van der Waals surface area contributed by atoms with Gasteiger partial charge in [0.15, 0.2) is 11.8 Å². The van der Waals surface area contributed by atoms with Gasteiger partial charge in [0, 0.05) is 29.5 Å². The third-order valence-electron chi connectivity index (χ3n) is 4.53. The highest BCUT2D eigenvalue weighted by atomic mass is 16.3. The van der Waals surface area contributed by atoms with Crippen LogP contribution in [0.4, 0.5) is 0 Å². The Labute approximate surface area is 87.7 Å². The lowest BCUT2D eigenvalue weighted by molar-refractivity contribution is 0.374. The topological polar surface area (TPSA) is 45.4 Å². The van der Waals surface area contributed by atoms with Gasteiger partial charge >= 0.3 is 0 Å². The molecule has 0 aliphatic heterocycles. The minimum Gasteiger partial charge on any atom is -0.494 e. The van der Waals surface area contributed by atoms with Crippen LogP contribution in [0.5, 0.6) is 11.8 Å². The van der Waals surface area contributed by atoms with E-state index in [0.717, 1.165) is 24.0 Å². The van der Waals surface area contributed by atoms with E-state index < -0.39 is 0 Å². The van der Waals surface area contributed by atoms with E-state index in [4.69, 9.17) is 0 Å². The predicted octanol–water partition coefficient (Wildman–Crippen LogP) is 1.75. The second-order valence-electron chi connectivity index (χ2n) is 5.16. The van der Waals surface area contributed by atoms with Gasteiger partial charge in [-0.25, -0.2) is 0 Å². The maximum atomic E-state index is 10.1. The van der Waals surface area contributed by atoms with Crippen LogP contribution >= 0.6 is 0 Å². The molecule has 4 rings (SSSR count). The molecule has 78 valence electrons. The maximum Gasteiger partial charge on any atom is 0.197 e. The lowest BCUT2D eigenvalue weighted by atomic mass is 9.91. The number of fused-ring (bicyclic) bond motifs is 3. The summed E-state index contributed by atoms with van der Waals surface area (Å²) in [5, 5.41) is 20.0. The molecule has 3 heteroatoms. The van der Waals surface area contributed by atoms with E-state index in [1.54, 1.807) is 7.05 Å². The van der Waals surface area contributed by atoms with Crippen molar-refractivity contribution < 1.29 is 10.2 Å². The molecule has 3 nitrogen and oxygen atoms in total. The molecule has 1 saturated carbocycles. The Morgan fingerprint density at radius 1 is 1.27 bits per heavy atom. The van der Waals surface area contributed by atoms with E-state index >= 15 is 0 Å². The van der Waals surface area contributed by atoms with Crippen LogP contribution in [0.3, 0.4) is 0 Å². The van der Waals surface area contributed by atoms with E-state index in [1.165, 1.54) is 4.57 Å². The summed E-state index contributed by atoms with van der Waals surface area (Å²) in [5.41, 5.74) is 2.19.